The van der Waals surface area contributed by atoms with E-state index in [4.69, 9.17) is 5.11 Å². The van der Waals surface area contributed by atoms with Crippen LogP contribution in [0, 0.1) is 0 Å². The average Bonchev–Trinajstić information content (AvgIpc) is 2.14. The minimum atomic E-state index is -0.719. The van der Waals surface area contributed by atoms with Gasteiger partial charge in [0.1, 0.15) is 0 Å². The first-order chi connectivity index (χ1) is 6.91. The smallest absolute Gasteiger partial charge is 0.317 e. The number of aliphatic carboxylic acids is 1. The van der Waals surface area contributed by atoms with E-state index in [9.17, 15) is 4.79 Å². The SMILES string of the molecule is CC(C)(C)N(CC(=O)O)C1CCSCC1. The van der Waals surface area contributed by atoms with Gasteiger partial charge in [0.15, 0.2) is 0 Å². The van der Waals surface area contributed by atoms with Gasteiger partial charge < -0.3 is 5.11 Å². The maximum absolute atomic E-state index is 10.9. The lowest BCUT2D eigenvalue weighted by atomic mass is 9.99. The van der Waals surface area contributed by atoms with Crippen molar-refractivity contribution >= 4 is 17.7 Å². The fraction of sp³-hybridized carbons (Fsp3) is 0.909. The van der Waals surface area contributed by atoms with Crippen LogP contribution in [0.25, 0.3) is 0 Å². The van der Waals surface area contributed by atoms with Crippen LogP contribution in [0.1, 0.15) is 33.6 Å². The predicted octanol–water partition coefficient (Wildman–Crippen LogP) is 2.07. The van der Waals surface area contributed by atoms with Crippen molar-refractivity contribution in [2.75, 3.05) is 18.1 Å². The van der Waals surface area contributed by atoms with Gasteiger partial charge in [-0.2, -0.15) is 11.8 Å². The first kappa shape index (κ1) is 12.8. The van der Waals surface area contributed by atoms with E-state index in [1.807, 2.05) is 11.8 Å². The molecule has 1 aliphatic rings. The van der Waals surface area contributed by atoms with Crippen molar-refractivity contribution in [1.82, 2.24) is 4.90 Å². The third kappa shape index (κ3) is 4.03. The summed E-state index contributed by atoms with van der Waals surface area (Å²) in [6.07, 6.45) is 2.24. The predicted molar refractivity (Wildman–Crippen MR) is 64.4 cm³/mol. The van der Waals surface area contributed by atoms with E-state index in [1.165, 1.54) is 0 Å². The molecule has 88 valence electrons. The third-order valence-electron chi connectivity index (χ3n) is 2.80. The van der Waals surface area contributed by atoms with Gasteiger partial charge in [0.05, 0.1) is 6.54 Å². The Hall–Kier alpha value is -0.220. The molecule has 0 amide bonds. The minimum Gasteiger partial charge on any atom is -0.480 e. The minimum absolute atomic E-state index is 0.0505. The van der Waals surface area contributed by atoms with Crippen LogP contribution in [0.3, 0.4) is 0 Å². The highest BCUT2D eigenvalue weighted by Gasteiger charge is 2.31. The highest BCUT2D eigenvalue weighted by atomic mass is 32.2. The van der Waals surface area contributed by atoms with E-state index in [1.54, 1.807) is 0 Å². The number of carbonyl (C=O) groups is 1. The van der Waals surface area contributed by atoms with Gasteiger partial charge in [-0.05, 0) is 45.1 Å². The zero-order valence-electron chi connectivity index (χ0n) is 9.82. The van der Waals surface area contributed by atoms with Crippen LogP contribution in [-0.4, -0.2) is 45.6 Å². The fourth-order valence-electron chi connectivity index (χ4n) is 2.06. The van der Waals surface area contributed by atoms with Gasteiger partial charge in [0, 0.05) is 11.6 Å². The maximum Gasteiger partial charge on any atom is 0.317 e. The lowest BCUT2D eigenvalue weighted by Gasteiger charge is -2.42. The molecule has 1 rings (SSSR count). The molecule has 1 fully saturated rings. The Morgan fingerprint density at radius 2 is 1.93 bits per heavy atom. The van der Waals surface area contributed by atoms with Crippen LogP contribution in [-0.2, 0) is 4.79 Å². The number of thioether (sulfide) groups is 1. The van der Waals surface area contributed by atoms with Crippen LogP contribution in [0.2, 0.25) is 0 Å². The first-order valence-electron chi connectivity index (χ1n) is 5.47. The van der Waals surface area contributed by atoms with Crippen molar-refractivity contribution in [2.24, 2.45) is 0 Å². The Balaban J connectivity index is 2.66. The van der Waals surface area contributed by atoms with Gasteiger partial charge in [0.2, 0.25) is 0 Å². The molecule has 0 bridgehead atoms. The molecule has 4 heteroatoms. The molecule has 3 nitrogen and oxygen atoms in total. The second kappa shape index (κ2) is 5.21. The normalized spacial score (nSPS) is 19.5. The van der Waals surface area contributed by atoms with Crippen molar-refractivity contribution < 1.29 is 9.90 Å². The second-order valence-corrected chi connectivity index (χ2v) is 6.26. The highest BCUT2D eigenvalue weighted by molar-refractivity contribution is 7.99. The van der Waals surface area contributed by atoms with Gasteiger partial charge in [-0.3, -0.25) is 9.69 Å². The molecular formula is C11H21NO2S. The van der Waals surface area contributed by atoms with Crippen molar-refractivity contribution in [3.05, 3.63) is 0 Å². The Morgan fingerprint density at radius 3 is 2.33 bits per heavy atom. The first-order valence-corrected chi connectivity index (χ1v) is 6.63. The lowest BCUT2D eigenvalue weighted by Crippen LogP contribution is -2.51. The van der Waals surface area contributed by atoms with E-state index in [2.05, 4.69) is 25.7 Å². The van der Waals surface area contributed by atoms with E-state index in [-0.39, 0.29) is 12.1 Å². The van der Waals surface area contributed by atoms with E-state index < -0.39 is 5.97 Å². The number of nitrogens with zero attached hydrogens (tertiary/aromatic N) is 1. The standard InChI is InChI=1S/C11H21NO2S/c1-11(2,3)12(8-10(13)14)9-4-6-15-7-5-9/h9H,4-8H2,1-3H3,(H,13,14). The third-order valence-corrected chi connectivity index (χ3v) is 3.85. The molecule has 0 unspecified atom stereocenters. The second-order valence-electron chi connectivity index (χ2n) is 5.04. The van der Waals surface area contributed by atoms with Gasteiger partial charge in [-0.25, -0.2) is 0 Å². The van der Waals surface area contributed by atoms with E-state index >= 15 is 0 Å². The summed E-state index contributed by atoms with van der Waals surface area (Å²) < 4.78 is 0. The molecule has 0 aromatic carbocycles. The Morgan fingerprint density at radius 1 is 1.40 bits per heavy atom. The maximum atomic E-state index is 10.9. The lowest BCUT2D eigenvalue weighted by molar-refractivity contribution is -0.140. The monoisotopic (exact) mass is 231 g/mol. The van der Waals surface area contributed by atoms with Crippen LogP contribution in [0.5, 0.6) is 0 Å². The van der Waals surface area contributed by atoms with Crippen molar-refractivity contribution in [3.8, 4) is 0 Å². The van der Waals surface area contributed by atoms with Gasteiger partial charge in [0.25, 0.3) is 0 Å². The molecule has 1 aliphatic heterocycles. The van der Waals surface area contributed by atoms with Crippen molar-refractivity contribution in [1.29, 1.82) is 0 Å². The Bertz CT molecular complexity index is 219. The van der Waals surface area contributed by atoms with Crippen LogP contribution >= 0.6 is 11.8 Å². The molecule has 0 saturated carbocycles. The number of hydrogen-bond acceptors (Lipinski definition) is 3. The van der Waals surface area contributed by atoms with Crippen molar-refractivity contribution in [2.45, 2.75) is 45.2 Å². The zero-order chi connectivity index (χ0) is 11.5. The average molecular weight is 231 g/mol. The molecule has 15 heavy (non-hydrogen) atoms. The summed E-state index contributed by atoms with van der Waals surface area (Å²) in [4.78, 5) is 13.0. The highest BCUT2D eigenvalue weighted by Crippen LogP contribution is 2.26. The van der Waals surface area contributed by atoms with Crippen LogP contribution < -0.4 is 0 Å². The summed E-state index contributed by atoms with van der Waals surface area (Å²) in [6, 6.07) is 0.447. The van der Waals surface area contributed by atoms with E-state index in [0.717, 1.165) is 24.3 Å². The molecule has 0 spiro atoms. The van der Waals surface area contributed by atoms with Crippen LogP contribution in [0.15, 0.2) is 0 Å². The summed E-state index contributed by atoms with van der Waals surface area (Å²) in [6.45, 7) is 6.45. The topological polar surface area (TPSA) is 40.5 Å². The van der Waals surface area contributed by atoms with Gasteiger partial charge in [-0.15, -0.1) is 0 Å². The van der Waals surface area contributed by atoms with Gasteiger partial charge in [-0.1, -0.05) is 0 Å². The molecule has 0 aromatic heterocycles. The summed E-state index contributed by atoms with van der Waals surface area (Å²) in [7, 11) is 0. The summed E-state index contributed by atoms with van der Waals surface area (Å²) in [5, 5.41) is 8.93. The molecule has 0 aliphatic carbocycles. The fourth-order valence-corrected chi connectivity index (χ4v) is 3.14. The largest absolute Gasteiger partial charge is 0.480 e. The van der Waals surface area contributed by atoms with Gasteiger partial charge >= 0.3 is 5.97 Å². The number of carboxylic acid groups (broad SMARTS) is 1. The number of carboxylic acids is 1. The Labute approximate surface area is 96.2 Å². The van der Waals surface area contributed by atoms with Crippen LogP contribution in [0.4, 0.5) is 0 Å². The summed E-state index contributed by atoms with van der Waals surface area (Å²) in [5.74, 6) is 1.61. The van der Waals surface area contributed by atoms with Crippen molar-refractivity contribution in [3.63, 3.8) is 0 Å². The Kier molecular flexibility index (Phi) is 4.46. The number of rotatable bonds is 3. The molecule has 1 N–H and O–H groups in total. The zero-order valence-corrected chi connectivity index (χ0v) is 10.6. The molecular weight excluding hydrogens is 210 g/mol. The molecule has 1 heterocycles. The molecule has 1 saturated heterocycles. The number of hydrogen-bond donors (Lipinski definition) is 1. The molecule has 0 aromatic rings. The molecule has 0 radical (unpaired) electrons. The quantitative estimate of drug-likeness (QED) is 0.807. The molecule has 0 atom stereocenters. The summed E-state index contributed by atoms with van der Waals surface area (Å²) in [5.41, 5.74) is -0.0505. The summed E-state index contributed by atoms with van der Waals surface area (Å²) >= 11 is 1.97. The van der Waals surface area contributed by atoms with E-state index in [0.29, 0.717) is 6.04 Å².